The fraction of sp³-hybridized carbons (Fsp3) is 0.273. The van der Waals surface area contributed by atoms with Crippen molar-refractivity contribution in [2.24, 2.45) is 5.10 Å². The van der Waals surface area contributed by atoms with Gasteiger partial charge in [-0.25, -0.2) is 9.78 Å². The zero-order valence-electron chi connectivity index (χ0n) is 17.9. The second-order valence-electron chi connectivity index (χ2n) is 7.21. The Bertz CT molecular complexity index is 1300. The van der Waals surface area contributed by atoms with E-state index in [1.165, 1.54) is 31.3 Å². The van der Waals surface area contributed by atoms with Crippen LogP contribution in [0.25, 0.3) is 10.9 Å². The summed E-state index contributed by atoms with van der Waals surface area (Å²) in [6.45, 7) is 3.28. The Morgan fingerprint density at radius 3 is 2.82 bits per heavy atom. The lowest BCUT2D eigenvalue weighted by molar-refractivity contribution is -0.386. The number of halogens is 1. The summed E-state index contributed by atoms with van der Waals surface area (Å²) in [6, 6.07) is 9.30. The number of rotatable bonds is 9. The van der Waals surface area contributed by atoms with Gasteiger partial charge in [-0.1, -0.05) is 35.3 Å². The van der Waals surface area contributed by atoms with E-state index >= 15 is 0 Å². The monoisotopic (exact) mass is 516 g/mol. The van der Waals surface area contributed by atoms with Crippen LogP contribution in [0.2, 0.25) is 0 Å². The SMILES string of the molecule is CCCCc1nc2ccc(Br)cc2c(=O)n1N=Cc1cccc([N+](=O)[O-])c1O[C@@H](C)C(=O)O. The first-order chi connectivity index (χ1) is 15.7. The van der Waals surface area contributed by atoms with Crippen molar-refractivity contribution in [3.05, 3.63) is 72.7 Å². The van der Waals surface area contributed by atoms with Gasteiger partial charge in [-0.3, -0.25) is 14.9 Å². The molecule has 1 atom stereocenters. The summed E-state index contributed by atoms with van der Waals surface area (Å²) in [4.78, 5) is 39.8. The Morgan fingerprint density at radius 1 is 1.39 bits per heavy atom. The van der Waals surface area contributed by atoms with Gasteiger partial charge in [0.2, 0.25) is 5.75 Å². The molecule has 2 aromatic carbocycles. The molecule has 0 bridgehead atoms. The molecule has 0 unspecified atom stereocenters. The number of aliphatic carboxylic acids is 1. The number of aryl methyl sites for hydroxylation is 1. The van der Waals surface area contributed by atoms with E-state index in [1.54, 1.807) is 18.2 Å². The number of nitrogens with zero attached hydrogens (tertiary/aromatic N) is 4. The molecule has 3 rings (SSSR count). The summed E-state index contributed by atoms with van der Waals surface area (Å²) in [6.07, 6.45) is 2.07. The maximum Gasteiger partial charge on any atom is 0.344 e. The molecule has 1 heterocycles. The molecule has 10 nitrogen and oxygen atoms in total. The van der Waals surface area contributed by atoms with Crippen molar-refractivity contribution < 1.29 is 19.6 Å². The van der Waals surface area contributed by atoms with E-state index in [0.717, 1.165) is 17.5 Å². The molecule has 0 saturated heterocycles. The molecular formula is C22H21BrN4O6. The number of unbranched alkanes of at least 4 members (excludes halogenated alkanes) is 1. The predicted molar refractivity (Wildman–Crippen MR) is 126 cm³/mol. The molecule has 0 aliphatic rings. The fourth-order valence-corrected chi connectivity index (χ4v) is 3.43. The smallest absolute Gasteiger partial charge is 0.344 e. The molecule has 33 heavy (non-hydrogen) atoms. The number of carboxylic acids is 1. The molecule has 0 aliphatic carbocycles. The molecule has 1 aromatic heterocycles. The van der Waals surface area contributed by atoms with E-state index in [0.29, 0.717) is 27.6 Å². The lowest BCUT2D eigenvalue weighted by atomic mass is 10.2. The van der Waals surface area contributed by atoms with E-state index in [-0.39, 0.29) is 11.3 Å². The van der Waals surface area contributed by atoms with Gasteiger partial charge < -0.3 is 9.84 Å². The molecule has 0 spiro atoms. The minimum atomic E-state index is -1.33. The van der Waals surface area contributed by atoms with E-state index < -0.39 is 28.2 Å². The van der Waals surface area contributed by atoms with Gasteiger partial charge in [0.25, 0.3) is 5.56 Å². The van der Waals surface area contributed by atoms with Crippen LogP contribution < -0.4 is 10.3 Å². The van der Waals surface area contributed by atoms with Gasteiger partial charge in [0, 0.05) is 22.5 Å². The van der Waals surface area contributed by atoms with E-state index in [9.17, 15) is 19.7 Å². The lowest BCUT2D eigenvalue weighted by Gasteiger charge is -2.13. The summed E-state index contributed by atoms with van der Waals surface area (Å²) in [5.41, 5.74) is -0.114. The van der Waals surface area contributed by atoms with Gasteiger partial charge in [0.15, 0.2) is 6.10 Å². The highest BCUT2D eigenvalue weighted by Crippen LogP contribution is 2.31. The first-order valence-electron chi connectivity index (χ1n) is 10.1. The Balaban J connectivity index is 2.16. The third-order valence-corrected chi connectivity index (χ3v) is 5.30. The molecule has 11 heteroatoms. The van der Waals surface area contributed by atoms with Crippen molar-refractivity contribution in [3.8, 4) is 5.75 Å². The number of para-hydroxylation sites is 1. The molecule has 0 radical (unpaired) electrons. The van der Waals surface area contributed by atoms with Crippen LogP contribution in [-0.4, -0.2) is 38.0 Å². The highest BCUT2D eigenvalue weighted by molar-refractivity contribution is 9.10. The number of hydrogen-bond acceptors (Lipinski definition) is 7. The van der Waals surface area contributed by atoms with E-state index in [2.05, 4.69) is 26.0 Å². The topological polar surface area (TPSA) is 137 Å². The highest BCUT2D eigenvalue weighted by Gasteiger charge is 2.23. The number of carbonyl (C=O) groups is 1. The number of benzene rings is 2. The van der Waals surface area contributed by atoms with Gasteiger partial charge >= 0.3 is 11.7 Å². The average Bonchev–Trinajstić information content (AvgIpc) is 2.78. The highest BCUT2D eigenvalue weighted by atomic mass is 79.9. The van der Waals surface area contributed by atoms with Gasteiger partial charge in [-0.05, 0) is 37.6 Å². The van der Waals surface area contributed by atoms with Crippen molar-refractivity contribution in [1.29, 1.82) is 0 Å². The number of carboxylic acid groups (broad SMARTS) is 1. The maximum absolute atomic E-state index is 13.2. The number of nitro benzene ring substituents is 1. The average molecular weight is 517 g/mol. The Morgan fingerprint density at radius 2 is 2.15 bits per heavy atom. The van der Waals surface area contributed by atoms with Crippen LogP contribution in [0.3, 0.4) is 0 Å². The van der Waals surface area contributed by atoms with Crippen molar-refractivity contribution in [2.75, 3.05) is 0 Å². The molecule has 3 aromatic rings. The van der Waals surface area contributed by atoms with Gasteiger partial charge in [-0.2, -0.15) is 9.78 Å². The second-order valence-corrected chi connectivity index (χ2v) is 8.12. The summed E-state index contributed by atoms with van der Waals surface area (Å²) in [5.74, 6) is -1.08. The quantitative estimate of drug-likeness (QED) is 0.256. The van der Waals surface area contributed by atoms with Crippen molar-refractivity contribution in [2.45, 2.75) is 39.2 Å². The maximum atomic E-state index is 13.2. The molecule has 0 amide bonds. The Labute approximate surface area is 196 Å². The zero-order valence-corrected chi connectivity index (χ0v) is 19.5. The third kappa shape index (κ3) is 5.43. The van der Waals surface area contributed by atoms with Gasteiger partial charge in [0.1, 0.15) is 5.82 Å². The second kappa shape index (κ2) is 10.3. The third-order valence-electron chi connectivity index (χ3n) is 4.81. The minimum absolute atomic E-state index is 0.153. The molecule has 0 fully saturated rings. The van der Waals surface area contributed by atoms with Crippen molar-refractivity contribution in [1.82, 2.24) is 9.66 Å². The standard InChI is InChI=1S/C22H21BrN4O6/c1-3-4-8-19-25-17-10-9-15(23)11-16(17)21(28)26(19)24-12-14-6-5-7-18(27(31)32)20(14)33-13(2)22(29)30/h5-7,9-13H,3-4,8H2,1-2H3,(H,29,30)/t13-/m0/s1. The molecule has 172 valence electrons. The van der Waals surface area contributed by atoms with Crippen LogP contribution >= 0.6 is 15.9 Å². The number of nitro groups is 1. The fourth-order valence-electron chi connectivity index (χ4n) is 3.07. The van der Waals surface area contributed by atoms with Gasteiger partial charge in [-0.15, -0.1) is 0 Å². The van der Waals surface area contributed by atoms with Crippen LogP contribution in [-0.2, 0) is 11.2 Å². The molecule has 1 N–H and O–H groups in total. The minimum Gasteiger partial charge on any atom is -0.479 e. The van der Waals surface area contributed by atoms with Crippen LogP contribution in [0.1, 0.15) is 38.1 Å². The number of aromatic nitrogens is 2. The molecule has 0 aliphatic heterocycles. The van der Waals surface area contributed by atoms with Crippen LogP contribution in [0.4, 0.5) is 5.69 Å². The largest absolute Gasteiger partial charge is 0.479 e. The summed E-state index contributed by atoms with van der Waals surface area (Å²) in [7, 11) is 0. The van der Waals surface area contributed by atoms with E-state index in [1.807, 2.05) is 6.92 Å². The van der Waals surface area contributed by atoms with E-state index in [4.69, 9.17) is 9.84 Å². The van der Waals surface area contributed by atoms with Crippen molar-refractivity contribution >= 4 is 44.7 Å². The Kier molecular flexibility index (Phi) is 7.54. The van der Waals surface area contributed by atoms with Gasteiger partial charge in [0.05, 0.1) is 22.0 Å². The van der Waals surface area contributed by atoms with Crippen LogP contribution in [0.15, 0.2) is 50.8 Å². The first kappa shape index (κ1) is 24.1. The Hall–Kier alpha value is -3.60. The molecule has 0 saturated carbocycles. The summed E-state index contributed by atoms with van der Waals surface area (Å²) in [5, 5.41) is 25.3. The van der Waals surface area contributed by atoms with Crippen LogP contribution in [0.5, 0.6) is 5.75 Å². The summed E-state index contributed by atoms with van der Waals surface area (Å²) >= 11 is 3.35. The number of fused-ring (bicyclic) bond motifs is 1. The lowest BCUT2D eigenvalue weighted by Crippen LogP contribution is -2.24. The normalized spacial score (nSPS) is 12.2. The first-order valence-corrected chi connectivity index (χ1v) is 10.9. The zero-order chi connectivity index (χ0) is 24.1. The predicted octanol–water partition coefficient (Wildman–Crippen LogP) is 4.14. The van der Waals surface area contributed by atoms with Crippen LogP contribution in [0, 0.1) is 10.1 Å². The number of hydrogen-bond donors (Lipinski definition) is 1. The number of ether oxygens (including phenoxy) is 1. The molecular weight excluding hydrogens is 496 g/mol. The van der Waals surface area contributed by atoms with Crippen molar-refractivity contribution in [3.63, 3.8) is 0 Å². The summed E-state index contributed by atoms with van der Waals surface area (Å²) < 4.78 is 7.23.